The van der Waals surface area contributed by atoms with E-state index in [0.29, 0.717) is 23.0 Å². The molecule has 2 aliphatic carbocycles. The molecule has 176 valence electrons. The summed E-state index contributed by atoms with van der Waals surface area (Å²) in [6, 6.07) is 0. The maximum Gasteiger partial charge on any atom is 0.324 e. The zero-order valence-corrected chi connectivity index (χ0v) is 21.7. The molecule has 31 heavy (non-hydrogen) atoms. The van der Waals surface area contributed by atoms with E-state index in [1.54, 1.807) is 13.8 Å². The summed E-state index contributed by atoms with van der Waals surface area (Å²) in [6.07, 6.45) is 8.10. The van der Waals surface area contributed by atoms with E-state index < -0.39 is 25.7 Å². The molecule has 0 radical (unpaired) electrons. The standard InChI is InChI=1S/C25H42O5Si/c1-9-28-23(26)25(24(27)29-10-2)16-12-13-20-21(25)14-11-15-22(20)30-31(17(3)4,18(5)6)19(7)8/h12-13,15,17-21H,9-11,14,16H2,1-8H3/t20-,21-/m1/s1. The fourth-order valence-corrected chi connectivity index (χ4v) is 11.3. The first kappa shape index (κ1) is 25.7. The van der Waals surface area contributed by atoms with E-state index >= 15 is 0 Å². The summed E-state index contributed by atoms with van der Waals surface area (Å²) in [5, 5.41) is 0. The van der Waals surface area contributed by atoms with Crippen molar-refractivity contribution in [2.45, 2.75) is 91.3 Å². The van der Waals surface area contributed by atoms with Crippen LogP contribution in [0.2, 0.25) is 16.6 Å². The number of fused-ring (bicyclic) bond motifs is 1. The minimum Gasteiger partial charge on any atom is -0.545 e. The van der Waals surface area contributed by atoms with E-state index in [4.69, 9.17) is 13.9 Å². The number of rotatable bonds is 9. The highest BCUT2D eigenvalue weighted by Gasteiger charge is 2.59. The van der Waals surface area contributed by atoms with Crippen LogP contribution in [0.1, 0.15) is 74.7 Å². The van der Waals surface area contributed by atoms with Crippen molar-refractivity contribution in [2.75, 3.05) is 13.2 Å². The average Bonchev–Trinajstić information content (AvgIpc) is 2.70. The van der Waals surface area contributed by atoms with Gasteiger partial charge in [0, 0.05) is 5.92 Å². The van der Waals surface area contributed by atoms with Gasteiger partial charge in [0.15, 0.2) is 5.41 Å². The maximum atomic E-state index is 13.2. The SMILES string of the molecule is CCOC(=O)C1(C(=O)OCC)CC=C[C@H]2C(O[Si](C(C)C)(C(C)C)C(C)C)=CCC[C@H]21. The summed E-state index contributed by atoms with van der Waals surface area (Å²) in [7, 11) is -2.16. The number of hydrogen-bond donors (Lipinski definition) is 0. The van der Waals surface area contributed by atoms with Crippen molar-refractivity contribution < 1.29 is 23.5 Å². The topological polar surface area (TPSA) is 61.8 Å². The molecule has 5 nitrogen and oxygen atoms in total. The van der Waals surface area contributed by atoms with Crippen LogP contribution < -0.4 is 0 Å². The van der Waals surface area contributed by atoms with Crippen molar-refractivity contribution in [1.29, 1.82) is 0 Å². The average molecular weight is 451 g/mol. The highest BCUT2D eigenvalue weighted by molar-refractivity contribution is 6.77. The van der Waals surface area contributed by atoms with Gasteiger partial charge in [-0.05, 0) is 61.7 Å². The van der Waals surface area contributed by atoms with Crippen LogP contribution in [-0.4, -0.2) is 33.5 Å². The van der Waals surface area contributed by atoms with Gasteiger partial charge in [0.1, 0.15) is 0 Å². The molecule has 0 aliphatic heterocycles. The molecule has 0 aromatic heterocycles. The van der Waals surface area contributed by atoms with Gasteiger partial charge < -0.3 is 13.9 Å². The summed E-state index contributed by atoms with van der Waals surface area (Å²) in [6.45, 7) is 17.6. The Balaban J connectivity index is 2.51. The van der Waals surface area contributed by atoms with Gasteiger partial charge in [-0.15, -0.1) is 0 Å². The lowest BCUT2D eigenvalue weighted by Crippen LogP contribution is -2.54. The van der Waals surface area contributed by atoms with E-state index in [2.05, 4.69) is 53.7 Å². The van der Waals surface area contributed by atoms with Crippen LogP contribution in [0.3, 0.4) is 0 Å². The molecular weight excluding hydrogens is 408 g/mol. The van der Waals surface area contributed by atoms with Crippen LogP contribution in [0.15, 0.2) is 24.0 Å². The Morgan fingerprint density at radius 1 is 1.00 bits per heavy atom. The number of carbonyl (C=O) groups excluding carboxylic acids is 2. The minimum absolute atomic E-state index is 0.112. The minimum atomic E-state index is -2.16. The van der Waals surface area contributed by atoms with Crippen molar-refractivity contribution in [1.82, 2.24) is 0 Å². The van der Waals surface area contributed by atoms with E-state index in [1.165, 1.54) is 0 Å². The van der Waals surface area contributed by atoms with Gasteiger partial charge in [-0.3, -0.25) is 9.59 Å². The number of allylic oxidation sites excluding steroid dienone is 3. The molecule has 0 aromatic rings. The largest absolute Gasteiger partial charge is 0.545 e. The van der Waals surface area contributed by atoms with Crippen molar-refractivity contribution in [3.05, 3.63) is 24.0 Å². The first-order chi connectivity index (χ1) is 14.6. The summed E-state index contributed by atoms with van der Waals surface area (Å²) in [5.41, 5.74) is 0.0371. The van der Waals surface area contributed by atoms with Gasteiger partial charge in [0.2, 0.25) is 0 Å². The van der Waals surface area contributed by atoms with Crippen molar-refractivity contribution in [3.8, 4) is 0 Å². The Hall–Kier alpha value is -1.56. The monoisotopic (exact) mass is 450 g/mol. The van der Waals surface area contributed by atoms with Crippen LogP contribution in [0.4, 0.5) is 0 Å². The first-order valence-electron chi connectivity index (χ1n) is 12.0. The number of hydrogen-bond acceptors (Lipinski definition) is 5. The van der Waals surface area contributed by atoms with Crippen LogP contribution in [-0.2, 0) is 23.5 Å². The molecule has 0 saturated heterocycles. The Labute approximate surface area is 189 Å². The molecule has 0 saturated carbocycles. The van der Waals surface area contributed by atoms with Crippen molar-refractivity contribution in [2.24, 2.45) is 17.3 Å². The molecule has 0 N–H and O–H groups in total. The second-order valence-corrected chi connectivity index (χ2v) is 15.2. The predicted molar refractivity (Wildman–Crippen MR) is 126 cm³/mol. The smallest absolute Gasteiger partial charge is 0.324 e. The zero-order chi connectivity index (χ0) is 23.4. The Bertz CT molecular complexity index is 667. The summed E-state index contributed by atoms with van der Waals surface area (Å²) >= 11 is 0. The Morgan fingerprint density at radius 3 is 1.97 bits per heavy atom. The third-order valence-electron chi connectivity index (χ3n) is 7.28. The fourth-order valence-electron chi connectivity index (χ4n) is 5.99. The van der Waals surface area contributed by atoms with E-state index in [9.17, 15) is 9.59 Å². The first-order valence-corrected chi connectivity index (χ1v) is 14.1. The molecule has 0 fully saturated rings. The van der Waals surface area contributed by atoms with Gasteiger partial charge in [-0.2, -0.15) is 0 Å². The molecule has 0 aromatic carbocycles. The van der Waals surface area contributed by atoms with Crippen LogP contribution in [0.25, 0.3) is 0 Å². The van der Waals surface area contributed by atoms with E-state index in [1.807, 2.05) is 6.08 Å². The second-order valence-electron chi connectivity index (χ2n) is 9.78. The van der Waals surface area contributed by atoms with Crippen molar-refractivity contribution in [3.63, 3.8) is 0 Å². The maximum absolute atomic E-state index is 13.2. The summed E-state index contributed by atoms with van der Waals surface area (Å²) in [5.74, 6) is -0.315. The third kappa shape index (κ3) is 4.50. The number of ether oxygens (including phenoxy) is 2. The summed E-state index contributed by atoms with van der Waals surface area (Å²) in [4.78, 5) is 26.4. The molecule has 6 heteroatoms. The van der Waals surface area contributed by atoms with Gasteiger partial charge >= 0.3 is 11.9 Å². The fraction of sp³-hybridized carbons (Fsp3) is 0.760. The van der Waals surface area contributed by atoms with Crippen LogP contribution >= 0.6 is 0 Å². The molecule has 2 aliphatic rings. The summed E-state index contributed by atoms with van der Waals surface area (Å²) < 4.78 is 17.9. The van der Waals surface area contributed by atoms with E-state index in [0.717, 1.165) is 18.6 Å². The van der Waals surface area contributed by atoms with Gasteiger partial charge in [0.25, 0.3) is 8.32 Å². The van der Waals surface area contributed by atoms with E-state index in [-0.39, 0.29) is 25.0 Å². The molecule has 2 rings (SSSR count). The zero-order valence-electron chi connectivity index (χ0n) is 20.7. The number of carbonyl (C=O) groups is 2. The van der Waals surface area contributed by atoms with Gasteiger partial charge in [-0.25, -0.2) is 0 Å². The molecule has 0 amide bonds. The lowest BCUT2D eigenvalue weighted by molar-refractivity contribution is -0.179. The molecule has 0 unspecified atom stereocenters. The van der Waals surface area contributed by atoms with Gasteiger partial charge in [0.05, 0.1) is 19.0 Å². The lowest BCUT2D eigenvalue weighted by atomic mass is 9.60. The lowest BCUT2D eigenvalue weighted by Gasteiger charge is -2.48. The molecular formula is C25H42O5Si. The molecule has 0 bridgehead atoms. The highest BCUT2D eigenvalue weighted by atomic mass is 28.4. The third-order valence-corrected chi connectivity index (χ3v) is 13.3. The quantitative estimate of drug-likeness (QED) is 0.182. The Morgan fingerprint density at radius 2 is 1.52 bits per heavy atom. The molecule has 0 spiro atoms. The second kappa shape index (κ2) is 10.4. The van der Waals surface area contributed by atoms with Crippen LogP contribution in [0, 0.1) is 17.3 Å². The highest BCUT2D eigenvalue weighted by Crippen LogP contribution is 2.53. The van der Waals surface area contributed by atoms with Crippen LogP contribution in [0.5, 0.6) is 0 Å². The normalized spacial score (nSPS) is 22.9. The predicted octanol–water partition coefficient (Wildman–Crippen LogP) is 6.16. The number of esters is 2. The van der Waals surface area contributed by atoms with Crippen molar-refractivity contribution >= 4 is 20.3 Å². The van der Waals surface area contributed by atoms with Gasteiger partial charge in [-0.1, -0.05) is 53.7 Å². The molecule has 2 atom stereocenters. The Kier molecular flexibility index (Phi) is 8.59. The molecule has 0 heterocycles.